The van der Waals surface area contributed by atoms with Crippen LogP contribution in [-0.2, 0) is 10.0 Å². The van der Waals surface area contributed by atoms with Gasteiger partial charge in [-0.25, -0.2) is 8.42 Å². The monoisotopic (exact) mass is 353 g/mol. The van der Waals surface area contributed by atoms with E-state index in [1.165, 1.54) is 0 Å². The lowest BCUT2D eigenvalue weighted by atomic mass is 10.1. The third kappa shape index (κ3) is 3.22. The number of hydrogen-bond acceptors (Lipinski definition) is 2. The summed E-state index contributed by atoms with van der Waals surface area (Å²) in [4.78, 5) is 0.284. The molecule has 0 saturated heterocycles. The Morgan fingerprint density at radius 1 is 0.950 bits per heavy atom. The zero-order chi connectivity index (χ0) is 14.9. The molecule has 106 valence electrons. The highest BCUT2D eigenvalue weighted by Crippen LogP contribution is 2.24. The van der Waals surface area contributed by atoms with E-state index in [4.69, 9.17) is 0 Å². The van der Waals surface area contributed by atoms with Crippen molar-refractivity contribution in [3.63, 3.8) is 0 Å². The summed E-state index contributed by atoms with van der Waals surface area (Å²) in [5, 5.41) is 0. The Hall–Kier alpha value is -1.33. The van der Waals surface area contributed by atoms with Crippen molar-refractivity contribution in [1.29, 1.82) is 0 Å². The lowest BCUT2D eigenvalue weighted by Gasteiger charge is -2.13. The fraction of sp³-hybridized carbons (Fsp3) is 0.200. The minimum Gasteiger partial charge on any atom is -0.279 e. The number of nitrogens with one attached hydrogen (secondary N) is 1. The molecule has 0 heterocycles. The first-order chi connectivity index (χ1) is 9.29. The van der Waals surface area contributed by atoms with Gasteiger partial charge < -0.3 is 0 Å². The quantitative estimate of drug-likeness (QED) is 0.899. The van der Waals surface area contributed by atoms with Crippen molar-refractivity contribution in [2.75, 3.05) is 4.72 Å². The van der Waals surface area contributed by atoms with Gasteiger partial charge in [-0.1, -0.05) is 39.7 Å². The predicted octanol–water partition coefficient (Wildman–Crippen LogP) is 4.18. The largest absolute Gasteiger partial charge is 0.279 e. The molecule has 1 N–H and O–H groups in total. The van der Waals surface area contributed by atoms with Crippen LogP contribution < -0.4 is 4.72 Å². The molecule has 0 spiro atoms. The molecule has 0 saturated carbocycles. The van der Waals surface area contributed by atoms with Crippen LogP contribution in [0.2, 0.25) is 0 Å². The zero-order valence-electron chi connectivity index (χ0n) is 11.6. The molecule has 20 heavy (non-hydrogen) atoms. The molecule has 0 bridgehead atoms. The highest BCUT2D eigenvalue weighted by molar-refractivity contribution is 9.10. The summed E-state index contributed by atoms with van der Waals surface area (Å²) in [6.07, 6.45) is 0. The number of rotatable bonds is 3. The smallest absolute Gasteiger partial charge is 0.262 e. The fourth-order valence-electron chi connectivity index (χ4n) is 1.99. The van der Waals surface area contributed by atoms with Gasteiger partial charge in [0.2, 0.25) is 0 Å². The number of aryl methyl sites for hydroxylation is 3. The molecule has 0 aliphatic carbocycles. The van der Waals surface area contributed by atoms with Gasteiger partial charge in [-0.3, -0.25) is 4.72 Å². The van der Waals surface area contributed by atoms with Crippen molar-refractivity contribution in [3.8, 4) is 0 Å². The second kappa shape index (κ2) is 5.58. The molecule has 0 aromatic heterocycles. The molecule has 0 fully saturated rings. The average molecular weight is 354 g/mol. The minimum absolute atomic E-state index is 0.284. The Kier molecular flexibility index (Phi) is 4.20. The van der Waals surface area contributed by atoms with Gasteiger partial charge >= 0.3 is 0 Å². The van der Waals surface area contributed by atoms with E-state index in [2.05, 4.69) is 20.7 Å². The second-order valence-electron chi connectivity index (χ2n) is 4.83. The van der Waals surface area contributed by atoms with Gasteiger partial charge in [0.25, 0.3) is 10.0 Å². The maximum atomic E-state index is 12.5. The SMILES string of the molecule is Cc1ccc(NS(=O)(=O)c2cc(Br)ccc2C)c(C)c1. The Balaban J connectivity index is 2.43. The molecule has 5 heteroatoms. The molecule has 0 aliphatic rings. The molecule has 0 radical (unpaired) electrons. The van der Waals surface area contributed by atoms with Crippen molar-refractivity contribution in [2.45, 2.75) is 25.7 Å². The summed E-state index contributed by atoms with van der Waals surface area (Å²) in [6.45, 7) is 5.64. The summed E-state index contributed by atoms with van der Waals surface area (Å²) in [6, 6.07) is 10.8. The van der Waals surface area contributed by atoms with E-state index in [9.17, 15) is 8.42 Å². The fourth-order valence-corrected chi connectivity index (χ4v) is 3.91. The number of benzene rings is 2. The lowest BCUT2D eigenvalue weighted by molar-refractivity contribution is 0.600. The Morgan fingerprint density at radius 3 is 2.30 bits per heavy atom. The van der Waals surface area contributed by atoms with Crippen molar-refractivity contribution in [2.24, 2.45) is 0 Å². The van der Waals surface area contributed by atoms with Crippen LogP contribution in [0.15, 0.2) is 45.8 Å². The second-order valence-corrected chi connectivity index (χ2v) is 7.40. The molecule has 2 aromatic carbocycles. The molecule has 2 rings (SSSR count). The van der Waals surface area contributed by atoms with Crippen LogP contribution in [0.25, 0.3) is 0 Å². The first kappa shape index (κ1) is 15.1. The lowest BCUT2D eigenvalue weighted by Crippen LogP contribution is -2.15. The molecular formula is C15H16BrNO2S. The summed E-state index contributed by atoms with van der Waals surface area (Å²) in [7, 11) is -3.58. The molecular weight excluding hydrogens is 338 g/mol. The Morgan fingerprint density at radius 2 is 1.65 bits per heavy atom. The summed E-state index contributed by atoms with van der Waals surface area (Å²) in [5.41, 5.74) is 3.32. The van der Waals surface area contributed by atoms with E-state index in [-0.39, 0.29) is 4.90 Å². The van der Waals surface area contributed by atoms with Crippen LogP contribution in [0, 0.1) is 20.8 Å². The van der Waals surface area contributed by atoms with Crippen LogP contribution in [0.3, 0.4) is 0 Å². The standard InChI is InChI=1S/C15H16BrNO2S/c1-10-4-7-14(12(3)8-10)17-20(18,19)15-9-13(16)6-5-11(15)2/h4-9,17H,1-3H3. The van der Waals surface area contributed by atoms with E-state index in [0.717, 1.165) is 15.6 Å². The van der Waals surface area contributed by atoms with Crippen LogP contribution in [0.1, 0.15) is 16.7 Å². The molecule has 3 nitrogen and oxygen atoms in total. The van der Waals surface area contributed by atoms with E-state index in [1.54, 1.807) is 25.1 Å². The van der Waals surface area contributed by atoms with E-state index in [1.807, 2.05) is 32.0 Å². The van der Waals surface area contributed by atoms with Crippen molar-refractivity contribution in [1.82, 2.24) is 0 Å². The zero-order valence-corrected chi connectivity index (χ0v) is 14.0. The topological polar surface area (TPSA) is 46.2 Å². The van der Waals surface area contributed by atoms with E-state index in [0.29, 0.717) is 11.3 Å². The van der Waals surface area contributed by atoms with Crippen molar-refractivity contribution >= 4 is 31.6 Å². The predicted molar refractivity (Wildman–Crippen MR) is 85.6 cm³/mol. The number of anilines is 1. The van der Waals surface area contributed by atoms with Gasteiger partial charge in [0.15, 0.2) is 0 Å². The first-order valence-electron chi connectivity index (χ1n) is 6.16. The minimum atomic E-state index is -3.58. The van der Waals surface area contributed by atoms with Gasteiger partial charge in [0, 0.05) is 4.47 Å². The van der Waals surface area contributed by atoms with Crippen LogP contribution in [0.4, 0.5) is 5.69 Å². The highest BCUT2D eigenvalue weighted by Gasteiger charge is 2.18. The maximum absolute atomic E-state index is 12.5. The van der Waals surface area contributed by atoms with Gasteiger partial charge in [0.05, 0.1) is 10.6 Å². The number of hydrogen-bond donors (Lipinski definition) is 1. The van der Waals surface area contributed by atoms with Crippen LogP contribution in [0.5, 0.6) is 0 Å². The Labute approximate surface area is 128 Å². The normalized spacial score (nSPS) is 11.4. The molecule has 0 aliphatic heterocycles. The summed E-state index contributed by atoms with van der Waals surface area (Å²) in [5.74, 6) is 0. The molecule has 0 amide bonds. The highest BCUT2D eigenvalue weighted by atomic mass is 79.9. The molecule has 0 atom stereocenters. The summed E-state index contributed by atoms with van der Waals surface area (Å²) >= 11 is 3.31. The molecule has 2 aromatic rings. The van der Waals surface area contributed by atoms with E-state index >= 15 is 0 Å². The van der Waals surface area contributed by atoms with Gasteiger partial charge in [-0.15, -0.1) is 0 Å². The van der Waals surface area contributed by atoms with Crippen LogP contribution in [-0.4, -0.2) is 8.42 Å². The van der Waals surface area contributed by atoms with E-state index < -0.39 is 10.0 Å². The van der Waals surface area contributed by atoms with Crippen molar-refractivity contribution < 1.29 is 8.42 Å². The third-order valence-electron chi connectivity index (χ3n) is 3.07. The average Bonchev–Trinajstić information content (AvgIpc) is 2.35. The number of sulfonamides is 1. The number of halogens is 1. The first-order valence-corrected chi connectivity index (χ1v) is 8.43. The van der Waals surface area contributed by atoms with Gasteiger partial charge in [0.1, 0.15) is 0 Å². The van der Waals surface area contributed by atoms with Gasteiger partial charge in [-0.05, 0) is 50.1 Å². The summed E-state index contributed by atoms with van der Waals surface area (Å²) < 4.78 is 28.3. The van der Waals surface area contributed by atoms with Gasteiger partial charge in [-0.2, -0.15) is 0 Å². The molecule has 0 unspecified atom stereocenters. The van der Waals surface area contributed by atoms with Crippen molar-refractivity contribution in [3.05, 3.63) is 57.6 Å². The van der Waals surface area contributed by atoms with Crippen LogP contribution >= 0.6 is 15.9 Å². The third-order valence-corrected chi connectivity index (χ3v) is 5.07. The maximum Gasteiger partial charge on any atom is 0.262 e. The Bertz CT molecular complexity index is 754.